The molecule has 6 nitrogen and oxygen atoms in total. The van der Waals surface area contributed by atoms with Gasteiger partial charge < -0.3 is 10.4 Å². The lowest BCUT2D eigenvalue weighted by molar-refractivity contribution is -0.116. The maximum atomic E-state index is 11.7. The van der Waals surface area contributed by atoms with Crippen molar-refractivity contribution >= 4 is 11.6 Å². The summed E-state index contributed by atoms with van der Waals surface area (Å²) in [4.78, 5) is 15.5. The fourth-order valence-electron chi connectivity index (χ4n) is 1.57. The number of carbonyl (C=O) groups is 1. The van der Waals surface area contributed by atoms with Gasteiger partial charge >= 0.3 is 0 Å². The predicted molar refractivity (Wildman–Crippen MR) is 73.7 cm³/mol. The number of hydrogen-bond acceptors (Lipinski definition) is 4. The zero-order chi connectivity index (χ0) is 14.2. The maximum Gasteiger partial charge on any atom is 0.226 e. The molecule has 0 aliphatic rings. The Morgan fingerprint density at radius 1 is 1.35 bits per heavy atom. The van der Waals surface area contributed by atoms with Crippen molar-refractivity contribution < 1.29 is 9.90 Å². The molecule has 0 aliphatic heterocycles. The standard InChI is InChI=1S/C14H14N4O2/c19-9-1-2-12-3-5-13(6-4-12)17-14(20)7-8-18-11-15-10-16-18/h3-6,10-11,19H,7-9H2,(H,17,20). The molecule has 0 spiro atoms. The Morgan fingerprint density at radius 3 is 2.80 bits per heavy atom. The molecule has 1 amide bonds. The highest BCUT2D eigenvalue weighted by Crippen LogP contribution is 2.09. The molecule has 0 radical (unpaired) electrons. The molecule has 0 fully saturated rings. The van der Waals surface area contributed by atoms with Crippen molar-refractivity contribution in [3.05, 3.63) is 42.5 Å². The third kappa shape index (κ3) is 4.23. The Labute approximate surface area is 116 Å². The van der Waals surface area contributed by atoms with Gasteiger partial charge in [0, 0.05) is 17.7 Å². The third-order valence-electron chi connectivity index (χ3n) is 2.51. The van der Waals surface area contributed by atoms with Gasteiger partial charge in [-0.25, -0.2) is 4.98 Å². The van der Waals surface area contributed by atoms with Gasteiger partial charge in [0.25, 0.3) is 0 Å². The van der Waals surface area contributed by atoms with Crippen LogP contribution < -0.4 is 5.32 Å². The molecule has 1 aromatic carbocycles. The monoisotopic (exact) mass is 270 g/mol. The van der Waals surface area contributed by atoms with E-state index in [4.69, 9.17) is 5.11 Å². The molecule has 2 rings (SSSR count). The molecule has 102 valence electrons. The summed E-state index contributed by atoms with van der Waals surface area (Å²) in [6, 6.07) is 7.12. The molecule has 0 aliphatic carbocycles. The first kappa shape index (κ1) is 13.8. The van der Waals surface area contributed by atoms with Crippen molar-refractivity contribution in [3.8, 4) is 11.8 Å². The summed E-state index contributed by atoms with van der Waals surface area (Å²) in [5.41, 5.74) is 1.50. The Hall–Kier alpha value is -2.65. The SMILES string of the molecule is O=C(CCn1cncn1)Nc1ccc(C#CCO)cc1. The highest BCUT2D eigenvalue weighted by atomic mass is 16.2. The number of nitrogens with zero attached hydrogens (tertiary/aromatic N) is 3. The molecule has 0 bridgehead atoms. The van der Waals surface area contributed by atoms with Crippen LogP contribution in [0.4, 0.5) is 5.69 Å². The number of benzene rings is 1. The minimum Gasteiger partial charge on any atom is -0.384 e. The molecule has 0 saturated carbocycles. The number of aliphatic hydroxyl groups excluding tert-OH is 1. The Bertz CT molecular complexity index is 609. The predicted octanol–water partition coefficient (Wildman–Crippen LogP) is 0.651. The quantitative estimate of drug-likeness (QED) is 0.799. The number of anilines is 1. The molecule has 1 aromatic heterocycles. The van der Waals surface area contributed by atoms with Crippen LogP contribution in [0.15, 0.2) is 36.9 Å². The van der Waals surface area contributed by atoms with E-state index in [1.807, 2.05) is 0 Å². The van der Waals surface area contributed by atoms with Gasteiger partial charge in [-0.3, -0.25) is 9.48 Å². The minimum atomic E-state index is -0.166. The third-order valence-corrected chi connectivity index (χ3v) is 2.51. The summed E-state index contributed by atoms with van der Waals surface area (Å²) >= 11 is 0. The first-order valence-electron chi connectivity index (χ1n) is 6.10. The highest BCUT2D eigenvalue weighted by Gasteiger charge is 2.03. The number of amides is 1. The molecule has 2 aromatic rings. The lowest BCUT2D eigenvalue weighted by Crippen LogP contribution is -2.14. The number of aryl methyl sites for hydroxylation is 1. The number of nitrogens with one attached hydrogen (secondary N) is 1. The molecule has 6 heteroatoms. The number of carbonyl (C=O) groups excluding carboxylic acids is 1. The molecular formula is C14H14N4O2. The van der Waals surface area contributed by atoms with E-state index >= 15 is 0 Å². The van der Waals surface area contributed by atoms with Gasteiger partial charge in [-0.1, -0.05) is 11.8 Å². The van der Waals surface area contributed by atoms with Gasteiger partial charge in [0.05, 0.1) is 6.54 Å². The van der Waals surface area contributed by atoms with Crippen LogP contribution in [0.5, 0.6) is 0 Å². The van der Waals surface area contributed by atoms with Crippen LogP contribution in [0.25, 0.3) is 0 Å². The van der Waals surface area contributed by atoms with Crippen LogP contribution in [0.2, 0.25) is 0 Å². The highest BCUT2D eigenvalue weighted by molar-refractivity contribution is 5.90. The van der Waals surface area contributed by atoms with Crippen molar-refractivity contribution in [2.75, 3.05) is 11.9 Å². The molecule has 20 heavy (non-hydrogen) atoms. The van der Waals surface area contributed by atoms with E-state index in [1.165, 1.54) is 6.33 Å². The van der Waals surface area contributed by atoms with Gasteiger partial charge in [-0.05, 0) is 24.3 Å². The Balaban J connectivity index is 1.84. The zero-order valence-corrected chi connectivity index (χ0v) is 10.8. The summed E-state index contributed by atoms with van der Waals surface area (Å²) in [5.74, 6) is 5.26. The fraction of sp³-hybridized carbons (Fsp3) is 0.214. The number of hydrogen-bond donors (Lipinski definition) is 2. The Kier molecular flexibility index (Phi) is 4.87. The number of aliphatic hydroxyl groups is 1. The lowest BCUT2D eigenvalue weighted by Gasteiger charge is -2.05. The summed E-state index contributed by atoms with van der Waals surface area (Å²) in [6.07, 6.45) is 3.33. The smallest absolute Gasteiger partial charge is 0.226 e. The van der Waals surface area contributed by atoms with E-state index in [1.54, 1.807) is 35.3 Å². The second-order valence-electron chi connectivity index (χ2n) is 3.99. The minimum absolute atomic E-state index is 0.0882. The fourth-order valence-corrected chi connectivity index (χ4v) is 1.57. The maximum absolute atomic E-state index is 11.7. The average molecular weight is 270 g/mol. The van der Waals surface area contributed by atoms with Crippen molar-refractivity contribution in [1.82, 2.24) is 14.8 Å². The summed E-state index contributed by atoms with van der Waals surface area (Å²) in [7, 11) is 0. The van der Waals surface area contributed by atoms with Crippen LogP contribution in [-0.2, 0) is 11.3 Å². The Morgan fingerprint density at radius 2 is 2.15 bits per heavy atom. The van der Waals surface area contributed by atoms with E-state index in [2.05, 4.69) is 27.2 Å². The first-order valence-corrected chi connectivity index (χ1v) is 6.10. The van der Waals surface area contributed by atoms with Crippen LogP contribution in [-0.4, -0.2) is 32.4 Å². The van der Waals surface area contributed by atoms with Crippen molar-refractivity contribution in [2.24, 2.45) is 0 Å². The lowest BCUT2D eigenvalue weighted by atomic mass is 10.2. The summed E-state index contributed by atoms with van der Waals surface area (Å²) in [6.45, 7) is 0.326. The van der Waals surface area contributed by atoms with Crippen molar-refractivity contribution in [3.63, 3.8) is 0 Å². The van der Waals surface area contributed by atoms with E-state index in [-0.39, 0.29) is 12.5 Å². The van der Waals surface area contributed by atoms with Gasteiger partial charge in [0.15, 0.2) is 0 Å². The molecule has 2 N–H and O–H groups in total. The summed E-state index contributed by atoms with van der Waals surface area (Å²) in [5, 5.41) is 15.3. The van der Waals surface area contributed by atoms with Gasteiger partial charge in [0.2, 0.25) is 5.91 Å². The molecular weight excluding hydrogens is 256 g/mol. The summed E-state index contributed by atoms with van der Waals surface area (Å²) < 4.78 is 1.60. The number of aromatic nitrogens is 3. The molecule has 0 saturated heterocycles. The topological polar surface area (TPSA) is 80.0 Å². The normalized spacial score (nSPS) is 9.65. The van der Waals surface area contributed by atoms with Gasteiger partial charge in [-0.15, -0.1) is 0 Å². The van der Waals surface area contributed by atoms with E-state index in [0.717, 1.165) is 5.56 Å². The van der Waals surface area contributed by atoms with Crippen LogP contribution in [0.1, 0.15) is 12.0 Å². The van der Waals surface area contributed by atoms with Crippen LogP contribution in [0, 0.1) is 11.8 Å². The molecule has 1 heterocycles. The van der Waals surface area contributed by atoms with Crippen LogP contribution >= 0.6 is 0 Å². The second kappa shape index (κ2) is 7.07. The van der Waals surface area contributed by atoms with Crippen molar-refractivity contribution in [1.29, 1.82) is 0 Å². The second-order valence-corrected chi connectivity index (χ2v) is 3.99. The first-order chi connectivity index (χ1) is 9.78. The van der Waals surface area contributed by atoms with Gasteiger partial charge in [0.1, 0.15) is 19.3 Å². The van der Waals surface area contributed by atoms with E-state index < -0.39 is 0 Å². The molecule has 0 atom stereocenters. The zero-order valence-electron chi connectivity index (χ0n) is 10.8. The van der Waals surface area contributed by atoms with Gasteiger partial charge in [-0.2, -0.15) is 5.10 Å². The van der Waals surface area contributed by atoms with E-state index in [9.17, 15) is 4.79 Å². The van der Waals surface area contributed by atoms with Crippen LogP contribution in [0.3, 0.4) is 0 Å². The van der Waals surface area contributed by atoms with E-state index in [0.29, 0.717) is 18.7 Å². The molecule has 0 unspecified atom stereocenters. The average Bonchev–Trinajstić information content (AvgIpc) is 2.98. The largest absolute Gasteiger partial charge is 0.384 e. The van der Waals surface area contributed by atoms with Crippen molar-refractivity contribution in [2.45, 2.75) is 13.0 Å². The number of rotatable bonds is 4.